The maximum absolute atomic E-state index is 13.5. The molecule has 1 aromatic heterocycles. The van der Waals surface area contributed by atoms with E-state index in [1.54, 1.807) is 31.2 Å². The molecule has 7 heteroatoms. The molecule has 1 heterocycles. The monoisotopic (exact) mass is 391 g/mol. The summed E-state index contributed by atoms with van der Waals surface area (Å²) in [5.74, 6) is -0.0926. The SMILES string of the molecule is Cc1ccc(CCC(=O)NC(C)c2nc3ccccc3n2C(F)F)cc1Cl. The van der Waals surface area contributed by atoms with Crippen molar-refractivity contribution in [3.05, 3.63) is 64.4 Å². The molecular weight excluding hydrogens is 372 g/mol. The number of hydrogen-bond donors (Lipinski definition) is 1. The zero-order chi connectivity index (χ0) is 19.6. The Kier molecular flexibility index (Phi) is 5.75. The predicted molar refractivity (Wildman–Crippen MR) is 102 cm³/mol. The number of aryl methyl sites for hydroxylation is 2. The number of imidazole rings is 1. The van der Waals surface area contributed by atoms with E-state index in [4.69, 9.17) is 11.6 Å². The molecule has 1 amide bonds. The van der Waals surface area contributed by atoms with Crippen LogP contribution in [0.4, 0.5) is 8.78 Å². The minimum Gasteiger partial charge on any atom is -0.346 e. The van der Waals surface area contributed by atoms with Crippen molar-refractivity contribution < 1.29 is 13.6 Å². The van der Waals surface area contributed by atoms with Crippen LogP contribution in [-0.2, 0) is 11.2 Å². The largest absolute Gasteiger partial charge is 0.346 e. The van der Waals surface area contributed by atoms with E-state index in [1.807, 2.05) is 25.1 Å². The second kappa shape index (κ2) is 8.05. The molecule has 1 N–H and O–H groups in total. The third-order valence-corrected chi connectivity index (χ3v) is 4.87. The van der Waals surface area contributed by atoms with Gasteiger partial charge in [-0.15, -0.1) is 0 Å². The molecule has 0 aliphatic rings. The molecule has 3 rings (SSSR count). The van der Waals surface area contributed by atoms with Gasteiger partial charge in [-0.1, -0.05) is 35.9 Å². The number of carbonyl (C=O) groups excluding carboxylic acids is 1. The number of halogens is 3. The summed E-state index contributed by atoms with van der Waals surface area (Å²) in [7, 11) is 0. The molecule has 142 valence electrons. The van der Waals surface area contributed by atoms with Crippen LogP contribution in [0.1, 0.15) is 42.9 Å². The second-order valence-electron chi connectivity index (χ2n) is 6.48. The van der Waals surface area contributed by atoms with Crippen molar-refractivity contribution in [2.45, 2.75) is 39.3 Å². The lowest BCUT2D eigenvalue weighted by Crippen LogP contribution is -2.29. The average Bonchev–Trinajstić information content (AvgIpc) is 3.02. The minimum absolute atomic E-state index is 0.137. The van der Waals surface area contributed by atoms with E-state index < -0.39 is 12.6 Å². The second-order valence-corrected chi connectivity index (χ2v) is 6.89. The van der Waals surface area contributed by atoms with Crippen molar-refractivity contribution in [3.63, 3.8) is 0 Å². The third kappa shape index (κ3) is 4.27. The number of alkyl halides is 2. The molecule has 0 fully saturated rings. The van der Waals surface area contributed by atoms with Gasteiger partial charge in [0.15, 0.2) is 0 Å². The molecule has 0 radical (unpaired) electrons. The Morgan fingerprint density at radius 3 is 2.70 bits per heavy atom. The fraction of sp³-hybridized carbons (Fsp3) is 0.300. The van der Waals surface area contributed by atoms with Gasteiger partial charge < -0.3 is 5.32 Å². The van der Waals surface area contributed by atoms with E-state index in [0.29, 0.717) is 22.5 Å². The average molecular weight is 392 g/mol. The zero-order valence-corrected chi connectivity index (χ0v) is 15.8. The number of nitrogens with one attached hydrogen (secondary N) is 1. The lowest BCUT2D eigenvalue weighted by atomic mass is 10.1. The molecule has 0 bridgehead atoms. The summed E-state index contributed by atoms with van der Waals surface area (Å²) < 4.78 is 27.9. The van der Waals surface area contributed by atoms with Gasteiger partial charge in [0.25, 0.3) is 0 Å². The minimum atomic E-state index is -2.73. The number of amides is 1. The van der Waals surface area contributed by atoms with Crippen molar-refractivity contribution in [1.82, 2.24) is 14.9 Å². The summed E-state index contributed by atoms with van der Waals surface area (Å²) in [6.07, 6.45) is 0.752. The van der Waals surface area contributed by atoms with Crippen LogP contribution in [0.25, 0.3) is 11.0 Å². The molecule has 2 aromatic carbocycles. The maximum atomic E-state index is 13.5. The standard InChI is InChI=1S/C20H20ClF2N3O/c1-12-7-8-14(11-15(12)21)9-10-18(27)24-13(2)19-25-16-5-3-4-6-17(16)26(19)20(22)23/h3-8,11,13,20H,9-10H2,1-2H3,(H,24,27). The first kappa shape index (κ1) is 19.3. The summed E-state index contributed by atoms with van der Waals surface area (Å²) in [4.78, 5) is 16.6. The van der Waals surface area contributed by atoms with Crippen molar-refractivity contribution in [2.75, 3.05) is 0 Å². The Bertz CT molecular complexity index is 971. The number of nitrogens with zero attached hydrogens (tertiary/aromatic N) is 2. The van der Waals surface area contributed by atoms with Crippen molar-refractivity contribution in [1.29, 1.82) is 0 Å². The Morgan fingerprint density at radius 2 is 2.00 bits per heavy atom. The normalized spacial score (nSPS) is 12.5. The van der Waals surface area contributed by atoms with Crippen molar-refractivity contribution in [3.8, 4) is 0 Å². The molecule has 3 aromatic rings. The number of rotatable bonds is 6. The molecule has 0 aliphatic carbocycles. The van der Waals surface area contributed by atoms with Crippen LogP contribution in [0, 0.1) is 6.92 Å². The van der Waals surface area contributed by atoms with Crippen LogP contribution in [0.3, 0.4) is 0 Å². The molecule has 27 heavy (non-hydrogen) atoms. The van der Waals surface area contributed by atoms with E-state index in [1.165, 1.54) is 0 Å². The van der Waals surface area contributed by atoms with Gasteiger partial charge >= 0.3 is 6.55 Å². The van der Waals surface area contributed by atoms with Gasteiger partial charge in [-0.05, 0) is 49.6 Å². The van der Waals surface area contributed by atoms with Gasteiger partial charge in [0.2, 0.25) is 5.91 Å². The lowest BCUT2D eigenvalue weighted by molar-refractivity contribution is -0.121. The van der Waals surface area contributed by atoms with Crippen LogP contribution in [0.2, 0.25) is 5.02 Å². The fourth-order valence-corrected chi connectivity index (χ4v) is 3.20. The van der Waals surface area contributed by atoms with Gasteiger partial charge in [0.05, 0.1) is 17.1 Å². The van der Waals surface area contributed by atoms with Gasteiger partial charge in [0, 0.05) is 11.4 Å². The molecule has 0 saturated heterocycles. The Hall–Kier alpha value is -2.47. The van der Waals surface area contributed by atoms with Gasteiger partial charge in [-0.3, -0.25) is 9.36 Å². The number of fused-ring (bicyclic) bond motifs is 1. The van der Waals surface area contributed by atoms with E-state index in [-0.39, 0.29) is 18.2 Å². The maximum Gasteiger partial charge on any atom is 0.320 e. The highest BCUT2D eigenvalue weighted by Crippen LogP contribution is 2.26. The highest BCUT2D eigenvalue weighted by Gasteiger charge is 2.22. The highest BCUT2D eigenvalue weighted by atomic mass is 35.5. The number of hydrogen-bond acceptors (Lipinski definition) is 2. The summed E-state index contributed by atoms with van der Waals surface area (Å²) in [5.41, 5.74) is 2.75. The van der Waals surface area contributed by atoms with Crippen LogP contribution < -0.4 is 5.32 Å². The van der Waals surface area contributed by atoms with Crippen molar-refractivity contribution >= 4 is 28.5 Å². The molecule has 0 saturated carbocycles. The first-order chi connectivity index (χ1) is 12.9. The summed E-state index contributed by atoms with van der Waals surface area (Å²) in [6, 6.07) is 11.7. The molecular formula is C20H20ClF2N3O. The quantitative estimate of drug-likeness (QED) is 0.627. The summed E-state index contributed by atoms with van der Waals surface area (Å²) in [6.45, 7) is 0.831. The highest BCUT2D eigenvalue weighted by molar-refractivity contribution is 6.31. The molecule has 1 atom stereocenters. The van der Waals surface area contributed by atoms with Crippen LogP contribution >= 0.6 is 11.6 Å². The van der Waals surface area contributed by atoms with Gasteiger partial charge in [-0.2, -0.15) is 8.78 Å². The van der Waals surface area contributed by atoms with Crippen LogP contribution in [0.5, 0.6) is 0 Å². The summed E-state index contributed by atoms with van der Waals surface area (Å²) >= 11 is 6.10. The topological polar surface area (TPSA) is 46.9 Å². The molecule has 4 nitrogen and oxygen atoms in total. The van der Waals surface area contributed by atoms with E-state index in [9.17, 15) is 13.6 Å². The number of carbonyl (C=O) groups is 1. The zero-order valence-electron chi connectivity index (χ0n) is 15.0. The first-order valence-corrected chi connectivity index (χ1v) is 9.04. The Balaban J connectivity index is 1.70. The van der Waals surface area contributed by atoms with E-state index >= 15 is 0 Å². The van der Waals surface area contributed by atoms with Crippen molar-refractivity contribution in [2.24, 2.45) is 0 Å². The predicted octanol–water partition coefficient (Wildman–Crippen LogP) is 5.20. The van der Waals surface area contributed by atoms with Gasteiger partial charge in [-0.25, -0.2) is 4.98 Å². The third-order valence-electron chi connectivity index (χ3n) is 4.46. The number of aromatic nitrogens is 2. The van der Waals surface area contributed by atoms with Gasteiger partial charge in [0.1, 0.15) is 5.82 Å². The van der Waals surface area contributed by atoms with Crippen LogP contribution in [-0.4, -0.2) is 15.5 Å². The number of para-hydroxylation sites is 2. The molecule has 0 aliphatic heterocycles. The van der Waals surface area contributed by atoms with Crippen LogP contribution in [0.15, 0.2) is 42.5 Å². The number of benzene rings is 2. The molecule has 0 spiro atoms. The summed E-state index contributed by atoms with van der Waals surface area (Å²) in [5, 5.41) is 3.42. The Morgan fingerprint density at radius 1 is 1.26 bits per heavy atom. The Labute approximate surface area is 161 Å². The van der Waals surface area contributed by atoms with E-state index in [2.05, 4.69) is 10.3 Å². The first-order valence-electron chi connectivity index (χ1n) is 8.66. The lowest BCUT2D eigenvalue weighted by Gasteiger charge is -2.16. The van der Waals surface area contributed by atoms with E-state index in [0.717, 1.165) is 15.7 Å². The fourth-order valence-electron chi connectivity index (χ4n) is 3.00. The molecule has 1 unspecified atom stereocenters. The smallest absolute Gasteiger partial charge is 0.320 e.